The highest BCUT2D eigenvalue weighted by Gasteiger charge is 2.44. The van der Waals surface area contributed by atoms with E-state index in [9.17, 15) is 9.36 Å². The van der Waals surface area contributed by atoms with Crippen molar-refractivity contribution in [1.29, 1.82) is 0 Å². The van der Waals surface area contributed by atoms with Crippen LogP contribution in [0.4, 0.5) is 0 Å². The lowest BCUT2D eigenvalue weighted by Crippen LogP contribution is -2.20. The van der Waals surface area contributed by atoms with Crippen molar-refractivity contribution in [3.63, 3.8) is 0 Å². The first-order valence-corrected chi connectivity index (χ1v) is 9.85. The van der Waals surface area contributed by atoms with Gasteiger partial charge >= 0.3 is 0 Å². The smallest absolute Gasteiger partial charge is 0.222 e. The van der Waals surface area contributed by atoms with E-state index in [1.165, 1.54) is 0 Å². The summed E-state index contributed by atoms with van der Waals surface area (Å²) >= 11 is 0. The van der Waals surface area contributed by atoms with Gasteiger partial charge in [0.1, 0.15) is 0 Å². The Morgan fingerprint density at radius 2 is 1.57 bits per heavy atom. The van der Waals surface area contributed by atoms with Crippen LogP contribution >= 0.6 is 7.14 Å². The van der Waals surface area contributed by atoms with Gasteiger partial charge in [-0.25, -0.2) is 0 Å². The van der Waals surface area contributed by atoms with Crippen LogP contribution < -0.4 is 0 Å². The Bertz CT molecular complexity index is 572. The molecule has 1 fully saturated rings. The Hall–Kier alpha value is -0.880. The van der Waals surface area contributed by atoms with Crippen LogP contribution in [0.3, 0.4) is 0 Å². The maximum absolute atomic E-state index is 13.7. The van der Waals surface area contributed by atoms with Crippen molar-refractivity contribution in [1.82, 2.24) is 0 Å². The van der Waals surface area contributed by atoms with Crippen molar-refractivity contribution >= 4 is 12.7 Å². The monoisotopic (exact) mass is 306 g/mol. The molecule has 0 bridgehead atoms. The van der Waals surface area contributed by atoms with Gasteiger partial charge in [-0.05, 0) is 44.7 Å². The molecule has 0 saturated heterocycles. The van der Waals surface area contributed by atoms with Crippen molar-refractivity contribution in [3.05, 3.63) is 34.4 Å². The summed E-state index contributed by atoms with van der Waals surface area (Å²) in [6.45, 7) is 9.87. The molecule has 0 amide bonds. The molecule has 1 aromatic rings. The molecule has 1 aliphatic rings. The first-order valence-electron chi connectivity index (χ1n) is 8.00. The fourth-order valence-electron chi connectivity index (χ4n) is 3.80. The van der Waals surface area contributed by atoms with Gasteiger partial charge in [-0.3, -0.25) is 4.79 Å². The molecule has 3 heteroatoms. The highest BCUT2D eigenvalue weighted by atomic mass is 31.2. The van der Waals surface area contributed by atoms with Gasteiger partial charge < -0.3 is 4.57 Å². The second-order valence-corrected chi connectivity index (χ2v) is 10.4. The number of hydrogen-bond donors (Lipinski definition) is 0. The minimum atomic E-state index is -2.86. The van der Waals surface area contributed by atoms with Gasteiger partial charge in [-0.1, -0.05) is 44.4 Å². The van der Waals surface area contributed by atoms with Gasteiger partial charge in [0.05, 0.1) is 0 Å². The van der Waals surface area contributed by atoms with E-state index in [0.29, 0.717) is 5.56 Å². The number of benzene rings is 1. The van der Waals surface area contributed by atoms with Gasteiger partial charge in [0, 0.05) is 16.9 Å². The molecule has 0 radical (unpaired) electrons. The van der Waals surface area contributed by atoms with E-state index in [1.807, 2.05) is 46.8 Å². The largest absolute Gasteiger partial charge is 0.315 e. The second-order valence-electron chi connectivity index (χ2n) is 6.82. The number of aryl methyl sites for hydroxylation is 3. The van der Waals surface area contributed by atoms with E-state index < -0.39 is 7.14 Å². The molecular weight excluding hydrogens is 279 g/mol. The zero-order valence-corrected chi connectivity index (χ0v) is 14.8. The summed E-state index contributed by atoms with van der Waals surface area (Å²) in [6, 6.07) is 4.05. The van der Waals surface area contributed by atoms with Crippen LogP contribution in [0.15, 0.2) is 12.1 Å². The number of rotatable bonds is 4. The first-order chi connectivity index (χ1) is 9.78. The Morgan fingerprint density at radius 1 is 1.10 bits per heavy atom. The predicted molar refractivity (Wildman–Crippen MR) is 90.0 cm³/mol. The third-order valence-electron chi connectivity index (χ3n) is 4.84. The average Bonchev–Trinajstić information content (AvgIpc) is 2.90. The Kier molecular flexibility index (Phi) is 4.78. The molecule has 2 nitrogen and oxygen atoms in total. The third-order valence-corrected chi connectivity index (χ3v) is 8.84. The number of carbonyl (C=O) groups is 1. The maximum Gasteiger partial charge on any atom is 0.222 e. The normalized spacial score (nSPS) is 19.0. The molecule has 0 N–H and O–H groups in total. The summed E-state index contributed by atoms with van der Waals surface area (Å²) in [5.74, 6) is 0. The molecule has 116 valence electrons. The number of hydrogen-bond acceptors (Lipinski definition) is 2. The summed E-state index contributed by atoms with van der Waals surface area (Å²) in [5, 5.41) is 0. The summed E-state index contributed by atoms with van der Waals surface area (Å²) in [7, 11) is -2.86. The average molecular weight is 306 g/mol. The van der Waals surface area contributed by atoms with Crippen molar-refractivity contribution in [2.45, 2.75) is 71.6 Å². The molecule has 0 aromatic heterocycles. The van der Waals surface area contributed by atoms with Crippen molar-refractivity contribution in [2.24, 2.45) is 0 Å². The molecule has 2 rings (SSSR count). The van der Waals surface area contributed by atoms with Crippen LogP contribution in [0.5, 0.6) is 0 Å². The Morgan fingerprint density at radius 3 is 2.00 bits per heavy atom. The van der Waals surface area contributed by atoms with Crippen LogP contribution in [0.1, 0.15) is 66.6 Å². The molecule has 21 heavy (non-hydrogen) atoms. The van der Waals surface area contributed by atoms with Crippen LogP contribution in [-0.2, 0) is 4.57 Å². The van der Waals surface area contributed by atoms with Crippen molar-refractivity contribution in [2.75, 3.05) is 0 Å². The van der Waals surface area contributed by atoms with Crippen LogP contribution in [0.25, 0.3) is 0 Å². The van der Waals surface area contributed by atoms with Gasteiger partial charge in [0.2, 0.25) is 5.52 Å². The lowest BCUT2D eigenvalue weighted by atomic mass is 10.0. The van der Waals surface area contributed by atoms with Gasteiger partial charge in [-0.15, -0.1) is 0 Å². The summed E-state index contributed by atoms with van der Waals surface area (Å²) < 4.78 is 13.7. The van der Waals surface area contributed by atoms with E-state index in [0.717, 1.165) is 42.4 Å². The predicted octanol–water partition coefficient (Wildman–Crippen LogP) is 5.47. The summed E-state index contributed by atoms with van der Waals surface area (Å²) in [5.41, 5.74) is 3.77. The summed E-state index contributed by atoms with van der Waals surface area (Å²) in [4.78, 5) is 13.2. The van der Waals surface area contributed by atoms with E-state index in [-0.39, 0.29) is 16.8 Å². The highest BCUT2D eigenvalue weighted by molar-refractivity contribution is 7.82. The zero-order valence-electron chi connectivity index (χ0n) is 13.9. The highest BCUT2D eigenvalue weighted by Crippen LogP contribution is 2.62. The Labute approximate surface area is 128 Å². The van der Waals surface area contributed by atoms with Crippen LogP contribution in [0, 0.1) is 20.8 Å². The molecule has 0 aliphatic heterocycles. The molecule has 1 aliphatic carbocycles. The third kappa shape index (κ3) is 2.88. The minimum absolute atomic E-state index is 0.0618. The topological polar surface area (TPSA) is 34.1 Å². The fraction of sp³-hybridized carbons (Fsp3) is 0.611. The lowest BCUT2D eigenvalue weighted by Gasteiger charge is -2.28. The first kappa shape index (κ1) is 16.5. The molecular formula is C18H27O2P. The number of carbonyl (C=O) groups excluding carboxylic acids is 1. The Balaban J connectivity index is 2.52. The molecule has 1 unspecified atom stereocenters. The van der Waals surface area contributed by atoms with E-state index in [2.05, 4.69) is 0 Å². The standard InChI is InChI=1S/C18H27O2P/c1-12(2)21(20,16-8-6-7-9-16)18(19)17-14(4)10-13(3)11-15(17)5/h10-12,16H,6-9H2,1-5H3. The quantitative estimate of drug-likeness (QED) is 0.692. The van der Waals surface area contributed by atoms with E-state index in [4.69, 9.17) is 0 Å². The van der Waals surface area contributed by atoms with Gasteiger partial charge in [-0.2, -0.15) is 0 Å². The van der Waals surface area contributed by atoms with Gasteiger partial charge in [0.15, 0.2) is 7.14 Å². The van der Waals surface area contributed by atoms with E-state index >= 15 is 0 Å². The van der Waals surface area contributed by atoms with Crippen LogP contribution in [-0.4, -0.2) is 16.8 Å². The van der Waals surface area contributed by atoms with E-state index in [1.54, 1.807) is 0 Å². The SMILES string of the molecule is Cc1cc(C)c(C(=O)P(=O)(C(C)C)C2CCCC2)c(C)c1. The molecule has 1 aromatic carbocycles. The minimum Gasteiger partial charge on any atom is -0.315 e. The fourth-order valence-corrected chi connectivity index (χ4v) is 7.28. The zero-order chi connectivity index (χ0) is 15.8. The lowest BCUT2D eigenvalue weighted by molar-refractivity contribution is 0.107. The maximum atomic E-state index is 13.7. The van der Waals surface area contributed by atoms with Crippen LogP contribution in [0.2, 0.25) is 0 Å². The molecule has 0 spiro atoms. The molecule has 1 atom stereocenters. The summed E-state index contributed by atoms with van der Waals surface area (Å²) in [6.07, 6.45) is 4.12. The van der Waals surface area contributed by atoms with Gasteiger partial charge in [0.25, 0.3) is 0 Å². The molecule has 1 saturated carbocycles. The van der Waals surface area contributed by atoms with Crippen molar-refractivity contribution in [3.8, 4) is 0 Å². The van der Waals surface area contributed by atoms with Crippen molar-refractivity contribution < 1.29 is 9.36 Å². The second kappa shape index (κ2) is 6.08. The molecule has 0 heterocycles.